The van der Waals surface area contributed by atoms with E-state index in [-0.39, 0.29) is 17.8 Å². The number of carbonyl (C=O) groups excluding carboxylic acids is 1. The highest BCUT2D eigenvalue weighted by molar-refractivity contribution is 5.94. The van der Waals surface area contributed by atoms with E-state index in [0.29, 0.717) is 6.04 Å². The van der Waals surface area contributed by atoms with Gasteiger partial charge >= 0.3 is 0 Å². The van der Waals surface area contributed by atoms with E-state index in [9.17, 15) is 4.79 Å². The van der Waals surface area contributed by atoms with Crippen LogP contribution in [0, 0.1) is 5.92 Å². The van der Waals surface area contributed by atoms with Crippen molar-refractivity contribution < 1.29 is 9.53 Å². The van der Waals surface area contributed by atoms with E-state index in [4.69, 9.17) is 4.74 Å². The molecule has 0 aromatic heterocycles. The molecule has 0 heterocycles. The summed E-state index contributed by atoms with van der Waals surface area (Å²) in [6.07, 6.45) is 3.57. The monoisotopic (exact) mass is 289 g/mol. The quantitative estimate of drug-likeness (QED) is 0.742. The Labute approximate surface area is 128 Å². The predicted octanol–water partition coefficient (Wildman–Crippen LogP) is 3.69. The van der Waals surface area contributed by atoms with Crippen molar-refractivity contribution in [2.24, 2.45) is 5.92 Å². The molecule has 0 aliphatic carbocycles. The third kappa shape index (κ3) is 7.09. The number of rotatable bonds is 8. The Morgan fingerprint density at radius 1 is 1.24 bits per heavy atom. The van der Waals surface area contributed by atoms with Crippen molar-refractivity contribution in [3.63, 3.8) is 0 Å². The highest BCUT2D eigenvalue weighted by Gasteiger charge is 2.05. The van der Waals surface area contributed by atoms with Gasteiger partial charge in [0.25, 0.3) is 0 Å². The fraction of sp³-hybridized carbons (Fsp3) is 0.500. The van der Waals surface area contributed by atoms with E-state index in [1.165, 1.54) is 0 Å². The molecule has 0 amide bonds. The van der Waals surface area contributed by atoms with Crippen LogP contribution < -0.4 is 10.1 Å². The molecule has 0 fully saturated rings. The van der Waals surface area contributed by atoms with Crippen LogP contribution in [0.25, 0.3) is 6.08 Å². The van der Waals surface area contributed by atoms with Gasteiger partial charge in [0.05, 0.1) is 0 Å². The maximum Gasteiger partial charge on any atom is 0.158 e. The normalized spacial score (nSPS) is 13.1. The molecule has 21 heavy (non-hydrogen) atoms. The second-order valence-electron chi connectivity index (χ2n) is 5.95. The van der Waals surface area contributed by atoms with Crippen LogP contribution in [0.15, 0.2) is 30.3 Å². The van der Waals surface area contributed by atoms with Crippen LogP contribution in [-0.2, 0) is 4.79 Å². The summed E-state index contributed by atoms with van der Waals surface area (Å²) in [6.45, 7) is 10.9. The summed E-state index contributed by atoms with van der Waals surface area (Å²) in [4.78, 5) is 11.6. The van der Waals surface area contributed by atoms with E-state index in [1.807, 2.05) is 51.1 Å². The van der Waals surface area contributed by atoms with Gasteiger partial charge in [0.15, 0.2) is 5.78 Å². The van der Waals surface area contributed by atoms with E-state index >= 15 is 0 Å². The number of carbonyl (C=O) groups is 1. The third-order valence-electron chi connectivity index (χ3n) is 3.02. The molecule has 116 valence electrons. The van der Waals surface area contributed by atoms with Crippen LogP contribution in [0.4, 0.5) is 0 Å². The Hall–Kier alpha value is -1.61. The van der Waals surface area contributed by atoms with Gasteiger partial charge in [-0.15, -0.1) is 0 Å². The van der Waals surface area contributed by atoms with Crippen LogP contribution >= 0.6 is 0 Å². The molecule has 1 aromatic rings. The first-order chi connectivity index (χ1) is 9.88. The zero-order valence-corrected chi connectivity index (χ0v) is 13.7. The van der Waals surface area contributed by atoms with Gasteiger partial charge in [-0.1, -0.05) is 45.9 Å². The summed E-state index contributed by atoms with van der Waals surface area (Å²) >= 11 is 0. The molecule has 0 bridgehead atoms. The molecule has 0 radical (unpaired) electrons. The largest absolute Gasteiger partial charge is 0.489 e. The predicted molar refractivity (Wildman–Crippen MR) is 88.5 cm³/mol. The van der Waals surface area contributed by atoms with Crippen LogP contribution in [0.3, 0.4) is 0 Å². The number of nitrogens with one attached hydrogen (secondary N) is 1. The molecule has 3 nitrogen and oxygen atoms in total. The van der Waals surface area contributed by atoms with Gasteiger partial charge in [-0.2, -0.15) is 0 Å². The SMILES string of the molecule is CC(C)NC[C@H](C)Oc1cccc(/C=C/C(=O)C(C)C)c1. The Morgan fingerprint density at radius 3 is 2.57 bits per heavy atom. The Balaban J connectivity index is 2.62. The molecular weight excluding hydrogens is 262 g/mol. The summed E-state index contributed by atoms with van der Waals surface area (Å²) in [5.74, 6) is 0.992. The van der Waals surface area contributed by atoms with Crippen molar-refractivity contribution in [3.8, 4) is 5.75 Å². The number of hydrogen-bond acceptors (Lipinski definition) is 3. The lowest BCUT2D eigenvalue weighted by atomic mass is 10.1. The Morgan fingerprint density at radius 2 is 1.95 bits per heavy atom. The summed E-state index contributed by atoms with van der Waals surface area (Å²) in [6, 6.07) is 8.25. The average molecular weight is 289 g/mol. The third-order valence-corrected chi connectivity index (χ3v) is 3.02. The highest BCUT2D eigenvalue weighted by atomic mass is 16.5. The van der Waals surface area contributed by atoms with Crippen molar-refractivity contribution in [1.29, 1.82) is 0 Å². The topological polar surface area (TPSA) is 38.3 Å². The molecule has 3 heteroatoms. The molecule has 1 atom stereocenters. The lowest BCUT2D eigenvalue weighted by Crippen LogP contribution is -2.33. The zero-order chi connectivity index (χ0) is 15.8. The minimum Gasteiger partial charge on any atom is -0.489 e. The highest BCUT2D eigenvalue weighted by Crippen LogP contribution is 2.16. The molecule has 0 aliphatic heterocycles. The van der Waals surface area contributed by atoms with E-state index in [0.717, 1.165) is 17.9 Å². The lowest BCUT2D eigenvalue weighted by Gasteiger charge is -2.17. The van der Waals surface area contributed by atoms with Gasteiger partial charge in [0.1, 0.15) is 11.9 Å². The van der Waals surface area contributed by atoms with Crippen molar-refractivity contribution in [2.75, 3.05) is 6.54 Å². The lowest BCUT2D eigenvalue weighted by molar-refractivity contribution is -0.117. The van der Waals surface area contributed by atoms with Gasteiger partial charge in [-0.3, -0.25) is 4.79 Å². The van der Waals surface area contributed by atoms with Crippen molar-refractivity contribution >= 4 is 11.9 Å². The van der Waals surface area contributed by atoms with Crippen LogP contribution in [0.2, 0.25) is 0 Å². The summed E-state index contributed by atoms with van der Waals surface area (Å²) in [7, 11) is 0. The number of hydrogen-bond donors (Lipinski definition) is 1. The van der Waals surface area contributed by atoms with E-state index in [2.05, 4.69) is 19.2 Å². The summed E-state index contributed by atoms with van der Waals surface area (Å²) in [5.41, 5.74) is 0.977. The number of ketones is 1. The molecule has 0 saturated carbocycles. The van der Waals surface area contributed by atoms with Gasteiger partial charge in [-0.05, 0) is 30.7 Å². The maximum absolute atomic E-state index is 11.6. The number of benzene rings is 1. The van der Waals surface area contributed by atoms with Crippen LogP contribution in [0.1, 0.15) is 40.2 Å². The Bertz CT molecular complexity index is 478. The first kappa shape index (κ1) is 17.4. The molecule has 1 N–H and O–H groups in total. The minimum atomic E-state index is 0.0304. The number of allylic oxidation sites excluding steroid dienone is 1. The fourth-order valence-electron chi connectivity index (χ4n) is 1.74. The molecule has 0 spiro atoms. The maximum atomic E-state index is 11.6. The minimum absolute atomic E-state index is 0.0304. The average Bonchev–Trinajstić information content (AvgIpc) is 2.42. The second kappa shape index (κ2) is 8.63. The first-order valence-electron chi connectivity index (χ1n) is 7.60. The molecule has 0 aliphatic rings. The molecule has 1 rings (SSSR count). The molecule has 1 aromatic carbocycles. The first-order valence-corrected chi connectivity index (χ1v) is 7.60. The standard InChI is InChI=1S/C18H27NO2/c1-13(2)18(20)10-9-16-7-6-8-17(11-16)21-15(5)12-19-14(3)4/h6-11,13-15,19H,12H2,1-5H3/b10-9+/t15-/m0/s1. The Kier molecular flexibility index (Phi) is 7.17. The van der Waals surface area contributed by atoms with Crippen molar-refractivity contribution in [1.82, 2.24) is 5.32 Å². The fourth-order valence-corrected chi connectivity index (χ4v) is 1.74. The van der Waals surface area contributed by atoms with Crippen molar-refractivity contribution in [2.45, 2.75) is 46.8 Å². The summed E-state index contributed by atoms with van der Waals surface area (Å²) in [5, 5.41) is 3.35. The summed E-state index contributed by atoms with van der Waals surface area (Å²) < 4.78 is 5.88. The van der Waals surface area contributed by atoms with E-state index < -0.39 is 0 Å². The van der Waals surface area contributed by atoms with Crippen LogP contribution in [0.5, 0.6) is 5.75 Å². The molecule has 0 saturated heterocycles. The molecule has 0 unspecified atom stereocenters. The number of ether oxygens (including phenoxy) is 1. The van der Waals surface area contributed by atoms with Gasteiger partial charge in [0, 0.05) is 18.5 Å². The van der Waals surface area contributed by atoms with Gasteiger partial charge < -0.3 is 10.1 Å². The second-order valence-corrected chi connectivity index (χ2v) is 5.95. The molecular formula is C18H27NO2. The van der Waals surface area contributed by atoms with Gasteiger partial charge in [-0.25, -0.2) is 0 Å². The van der Waals surface area contributed by atoms with Gasteiger partial charge in [0.2, 0.25) is 0 Å². The van der Waals surface area contributed by atoms with Crippen LogP contribution in [-0.4, -0.2) is 24.5 Å². The van der Waals surface area contributed by atoms with E-state index in [1.54, 1.807) is 6.08 Å². The van der Waals surface area contributed by atoms with Crippen molar-refractivity contribution in [3.05, 3.63) is 35.9 Å². The smallest absolute Gasteiger partial charge is 0.158 e. The zero-order valence-electron chi connectivity index (χ0n) is 13.7.